The Kier molecular flexibility index (Phi) is 7.88. The Morgan fingerprint density at radius 3 is 2.48 bits per heavy atom. The van der Waals surface area contributed by atoms with E-state index >= 15 is 0 Å². The molecule has 0 radical (unpaired) electrons. The molecule has 2 aromatic carbocycles. The number of hydrogen-bond acceptors (Lipinski definition) is 5. The van der Waals surface area contributed by atoms with Crippen molar-refractivity contribution >= 4 is 46.7 Å². The van der Waals surface area contributed by atoms with Crippen LogP contribution in [0, 0.1) is 0 Å². The summed E-state index contributed by atoms with van der Waals surface area (Å²) in [6.45, 7) is 2.91. The van der Waals surface area contributed by atoms with Crippen molar-refractivity contribution in [1.82, 2.24) is 0 Å². The van der Waals surface area contributed by atoms with Gasteiger partial charge in [-0.05, 0) is 37.6 Å². The Morgan fingerprint density at radius 1 is 1.11 bits per heavy atom. The van der Waals surface area contributed by atoms with Crippen LogP contribution >= 0.6 is 23.4 Å². The predicted octanol–water partition coefficient (Wildman–Crippen LogP) is 4.35. The second kappa shape index (κ2) is 10.1. The topological polar surface area (TPSA) is 72.5 Å². The average molecular weight is 406 g/mol. The van der Waals surface area contributed by atoms with Crippen molar-refractivity contribution in [2.24, 2.45) is 0 Å². The predicted molar refractivity (Wildman–Crippen MR) is 108 cm³/mol. The van der Waals surface area contributed by atoms with E-state index in [9.17, 15) is 14.4 Å². The number of anilines is 1. The number of esters is 1. The van der Waals surface area contributed by atoms with Crippen LogP contribution in [-0.4, -0.2) is 29.5 Å². The number of hydrogen-bond donors (Lipinski definition) is 1. The maximum absolute atomic E-state index is 12.2. The summed E-state index contributed by atoms with van der Waals surface area (Å²) in [5, 5.41) is 3.27. The highest BCUT2D eigenvalue weighted by Crippen LogP contribution is 2.21. The highest BCUT2D eigenvalue weighted by atomic mass is 35.5. The van der Waals surface area contributed by atoms with Crippen LogP contribution < -0.4 is 5.32 Å². The maximum Gasteiger partial charge on any atom is 0.316 e. The van der Waals surface area contributed by atoms with E-state index < -0.39 is 18.0 Å². The van der Waals surface area contributed by atoms with Gasteiger partial charge in [0.1, 0.15) is 0 Å². The molecule has 0 saturated carbocycles. The molecular formula is C20H20ClNO4S. The number of para-hydroxylation sites is 1. The van der Waals surface area contributed by atoms with Crippen LogP contribution in [0.1, 0.15) is 29.8 Å². The lowest BCUT2D eigenvalue weighted by molar-refractivity contribution is -0.150. The molecule has 1 N–H and O–H groups in total. The first-order valence-electron chi connectivity index (χ1n) is 8.30. The number of carbonyl (C=O) groups excluding carboxylic acids is 3. The molecule has 1 atom stereocenters. The molecule has 142 valence electrons. The molecule has 0 fully saturated rings. The molecular weight excluding hydrogens is 386 g/mol. The van der Waals surface area contributed by atoms with Gasteiger partial charge in [0.05, 0.1) is 11.4 Å². The van der Waals surface area contributed by atoms with Gasteiger partial charge >= 0.3 is 5.97 Å². The molecule has 27 heavy (non-hydrogen) atoms. The Bertz CT molecular complexity index is 840. The van der Waals surface area contributed by atoms with Gasteiger partial charge in [-0.3, -0.25) is 14.4 Å². The van der Waals surface area contributed by atoms with Gasteiger partial charge in [-0.2, -0.15) is 0 Å². The van der Waals surface area contributed by atoms with Gasteiger partial charge in [-0.15, -0.1) is 11.8 Å². The maximum atomic E-state index is 12.2. The third kappa shape index (κ3) is 6.41. The normalized spacial score (nSPS) is 11.5. The molecule has 5 nitrogen and oxygen atoms in total. The molecule has 0 spiro atoms. The summed E-state index contributed by atoms with van der Waals surface area (Å²) in [5.41, 5.74) is 1.73. The zero-order valence-corrected chi connectivity index (χ0v) is 16.6. The molecule has 0 bridgehead atoms. The first-order valence-corrected chi connectivity index (χ1v) is 9.83. The van der Waals surface area contributed by atoms with Crippen LogP contribution in [0.3, 0.4) is 0 Å². The van der Waals surface area contributed by atoms with Crippen LogP contribution in [0.25, 0.3) is 0 Å². The second-order valence-corrected chi connectivity index (χ2v) is 7.20. The first-order chi connectivity index (χ1) is 12.9. The van der Waals surface area contributed by atoms with Crippen molar-refractivity contribution < 1.29 is 19.1 Å². The van der Waals surface area contributed by atoms with Crippen molar-refractivity contribution in [3.05, 3.63) is 64.7 Å². The summed E-state index contributed by atoms with van der Waals surface area (Å²) in [5.74, 6) is -0.469. The van der Waals surface area contributed by atoms with Crippen LogP contribution in [0.5, 0.6) is 0 Å². The third-order valence-electron chi connectivity index (χ3n) is 3.68. The van der Waals surface area contributed by atoms with Gasteiger partial charge in [-0.1, -0.05) is 41.9 Å². The van der Waals surface area contributed by atoms with Crippen LogP contribution in [0.4, 0.5) is 5.69 Å². The van der Waals surface area contributed by atoms with E-state index in [4.69, 9.17) is 16.3 Å². The summed E-state index contributed by atoms with van der Waals surface area (Å²) in [7, 11) is 0. The Hall–Kier alpha value is -2.31. The number of Topliss-reactive ketones (excluding diaryl/α,β-unsaturated/α-hetero) is 1. The molecule has 0 aliphatic heterocycles. The minimum atomic E-state index is -0.974. The van der Waals surface area contributed by atoms with Gasteiger partial charge in [0, 0.05) is 16.3 Å². The first kappa shape index (κ1) is 21.0. The van der Waals surface area contributed by atoms with Gasteiger partial charge in [0.2, 0.25) is 0 Å². The molecule has 2 aromatic rings. The molecule has 0 aliphatic rings. The number of nitrogens with one attached hydrogen (secondary N) is 1. The summed E-state index contributed by atoms with van der Waals surface area (Å²) in [6, 6.07) is 14.1. The quantitative estimate of drug-likeness (QED) is 0.522. The zero-order valence-electron chi connectivity index (χ0n) is 15.0. The monoisotopic (exact) mass is 405 g/mol. The summed E-state index contributed by atoms with van der Waals surface area (Å²) >= 11 is 7.43. The van der Waals surface area contributed by atoms with E-state index in [1.54, 1.807) is 30.3 Å². The van der Waals surface area contributed by atoms with E-state index in [1.807, 2.05) is 18.2 Å². The lowest BCUT2D eigenvalue weighted by Gasteiger charge is -2.15. The van der Waals surface area contributed by atoms with E-state index in [2.05, 4.69) is 5.32 Å². The number of benzene rings is 2. The standard InChI is InChI=1S/C20H20ClNO4S/c1-13(23)16-8-4-6-10-18(16)22-20(25)14(2)26-19(24)12-27-11-15-7-3-5-9-17(15)21/h3-10,14H,11-12H2,1-2H3,(H,22,25)/t14-/m1/s1. The van der Waals surface area contributed by atoms with Gasteiger partial charge in [-0.25, -0.2) is 0 Å². The number of halogens is 1. The van der Waals surface area contributed by atoms with E-state index in [1.165, 1.54) is 25.6 Å². The number of amides is 1. The van der Waals surface area contributed by atoms with E-state index in [0.29, 0.717) is 22.0 Å². The lowest BCUT2D eigenvalue weighted by Crippen LogP contribution is -2.31. The molecule has 0 aromatic heterocycles. The SMILES string of the molecule is CC(=O)c1ccccc1NC(=O)[C@@H](C)OC(=O)CSCc1ccccc1Cl. The largest absolute Gasteiger partial charge is 0.452 e. The second-order valence-electron chi connectivity index (χ2n) is 5.81. The van der Waals surface area contributed by atoms with Crippen molar-refractivity contribution in [1.29, 1.82) is 0 Å². The van der Waals surface area contributed by atoms with Crippen LogP contribution in [0.15, 0.2) is 48.5 Å². The highest BCUT2D eigenvalue weighted by Gasteiger charge is 2.19. The highest BCUT2D eigenvalue weighted by molar-refractivity contribution is 7.99. The lowest BCUT2D eigenvalue weighted by atomic mass is 10.1. The summed E-state index contributed by atoms with van der Waals surface area (Å²) in [4.78, 5) is 35.8. The van der Waals surface area contributed by atoms with Crippen molar-refractivity contribution in [3.8, 4) is 0 Å². The van der Waals surface area contributed by atoms with Crippen molar-refractivity contribution in [2.45, 2.75) is 25.7 Å². The van der Waals surface area contributed by atoms with Gasteiger partial charge < -0.3 is 10.1 Å². The molecule has 2 rings (SSSR count). The minimum Gasteiger partial charge on any atom is -0.452 e. The average Bonchev–Trinajstić information content (AvgIpc) is 2.63. The van der Waals surface area contributed by atoms with Gasteiger partial charge in [0.25, 0.3) is 5.91 Å². The molecule has 1 amide bonds. The van der Waals surface area contributed by atoms with Crippen molar-refractivity contribution in [2.75, 3.05) is 11.1 Å². The zero-order chi connectivity index (χ0) is 19.8. The molecule has 7 heteroatoms. The fraction of sp³-hybridized carbons (Fsp3) is 0.250. The number of carbonyl (C=O) groups is 3. The van der Waals surface area contributed by atoms with Crippen molar-refractivity contribution in [3.63, 3.8) is 0 Å². The molecule has 0 heterocycles. The molecule has 0 aliphatic carbocycles. The number of thioether (sulfide) groups is 1. The minimum absolute atomic E-state index is 0.104. The van der Waals surface area contributed by atoms with E-state index in [0.717, 1.165) is 5.56 Å². The Morgan fingerprint density at radius 2 is 1.78 bits per heavy atom. The molecule has 0 unspecified atom stereocenters. The number of rotatable bonds is 8. The summed E-state index contributed by atoms with van der Waals surface area (Å²) in [6.07, 6.45) is -0.974. The Labute approximate surface area is 167 Å². The summed E-state index contributed by atoms with van der Waals surface area (Å²) < 4.78 is 5.16. The van der Waals surface area contributed by atoms with E-state index in [-0.39, 0.29) is 11.5 Å². The number of ketones is 1. The fourth-order valence-electron chi connectivity index (χ4n) is 2.28. The third-order valence-corrected chi connectivity index (χ3v) is 5.00. The van der Waals surface area contributed by atoms with Crippen LogP contribution in [0.2, 0.25) is 5.02 Å². The number of ether oxygens (including phenoxy) is 1. The fourth-order valence-corrected chi connectivity index (χ4v) is 3.37. The Balaban J connectivity index is 1.83. The van der Waals surface area contributed by atoms with Gasteiger partial charge in [0.15, 0.2) is 11.9 Å². The van der Waals surface area contributed by atoms with Crippen LogP contribution in [-0.2, 0) is 20.1 Å². The smallest absolute Gasteiger partial charge is 0.316 e. The molecule has 0 saturated heterocycles.